The zero-order valence-corrected chi connectivity index (χ0v) is 24.8. The van der Waals surface area contributed by atoms with E-state index >= 15 is 0 Å². The monoisotopic (exact) mass is 565 g/mol. The van der Waals surface area contributed by atoms with Crippen LogP contribution in [0.25, 0.3) is 0 Å². The molecule has 1 saturated carbocycles. The molecule has 1 fully saturated rings. The molecular weight excluding hydrogens is 526 g/mol. The van der Waals surface area contributed by atoms with Crippen molar-refractivity contribution in [1.82, 2.24) is 0 Å². The second-order valence-electron chi connectivity index (χ2n) is 12.4. The van der Waals surface area contributed by atoms with Crippen LogP contribution in [0.4, 0.5) is 5.69 Å². The molecule has 214 valence electrons. The maximum atomic E-state index is 13.0. The summed E-state index contributed by atoms with van der Waals surface area (Å²) >= 11 is 6.39. The Labute approximate surface area is 242 Å². The number of ether oxygens (including phenoxy) is 3. The standard InChI is InChI=1S/C33H40ClNO5/c1-5-38-30(36)15-11-22-8-9-25(22)19-35-20-33(16-6-7-23-17-26(34)12-13-27(23)33)21-39-29-14-10-24(18-28(29)35)31(37)40-32(2,3)4/h10-15,17-18,22,25H,5-9,16,19-21H2,1-4H3/b15-11+/t22-,25-,33-/m0/s1. The van der Waals surface area contributed by atoms with Gasteiger partial charge < -0.3 is 19.1 Å². The van der Waals surface area contributed by atoms with Gasteiger partial charge in [-0.2, -0.15) is 0 Å². The summed E-state index contributed by atoms with van der Waals surface area (Å²) in [5.41, 5.74) is 3.26. The summed E-state index contributed by atoms with van der Waals surface area (Å²) < 4.78 is 17.3. The predicted molar refractivity (Wildman–Crippen MR) is 157 cm³/mol. The van der Waals surface area contributed by atoms with E-state index in [0.717, 1.165) is 61.7 Å². The third kappa shape index (κ3) is 6.17. The SMILES string of the molecule is CCOC(=O)/C=C/[C@@H]1CC[C@H]1CN1C[C@@]2(CCCc3cc(Cl)ccc32)COc2ccc(C(=O)OC(C)(C)C)cc21. The van der Waals surface area contributed by atoms with Crippen LogP contribution >= 0.6 is 11.6 Å². The number of nitrogens with zero attached hydrogens (tertiary/aromatic N) is 1. The Morgan fingerprint density at radius 2 is 2.00 bits per heavy atom. The number of halogens is 1. The Kier molecular flexibility index (Phi) is 8.19. The lowest BCUT2D eigenvalue weighted by Crippen LogP contribution is -2.48. The molecular formula is C33H40ClNO5. The molecule has 0 bridgehead atoms. The van der Waals surface area contributed by atoms with Crippen LogP contribution in [-0.4, -0.2) is 43.8 Å². The molecule has 7 heteroatoms. The molecule has 6 nitrogen and oxygen atoms in total. The van der Waals surface area contributed by atoms with E-state index in [-0.39, 0.29) is 17.4 Å². The van der Waals surface area contributed by atoms with E-state index in [4.69, 9.17) is 25.8 Å². The van der Waals surface area contributed by atoms with E-state index in [1.807, 2.05) is 52.0 Å². The van der Waals surface area contributed by atoms with Crippen molar-refractivity contribution in [3.63, 3.8) is 0 Å². The van der Waals surface area contributed by atoms with Gasteiger partial charge >= 0.3 is 11.9 Å². The van der Waals surface area contributed by atoms with Gasteiger partial charge in [-0.15, -0.1) is 0 Å². The van der Waals surface area contributed by atoms with Gasteiger partial charge in [0.05, 0.1) is 24.5 Å². The Balaban J connectivity index is 1.48. The molecule has 3 atom stereocenters. The lowest BCUT2D eigenvalue weighted by Gasteiger charge is -2.44. The molecule has 0 N–H and O–H groups in total. The van der Waals surface area contributed by atoms with Gasteiger partial charge in [-0.25, -0.2) is 9.59 Å². The molecule has 1 aliphatic heterocycles. The molecule has 0 aromatic heterocycles. The van der Waals surface area contributed by atoms with Crippen molar-refractivity contribution in [2.75, 3.05) is 31.2 Å². The lowest BCUT2D eigenvalue weighted by atomic mass is 9.69. The normalized spacial score (nSPS) is 24.0. The largest absolute Gasteiger partial charge is 0.490 e. The van der Waals surface area contributed by atoms with E-state index in [1.54, 1.807) is 12.1 Å². The highest BCUT2D eigenvalue weighted by molar-refractivity contribution is 6.30. The fourth-order valence-corrected chi connectivity index (χ4v) is 6.52. The van der Waals surface area contributed by atoms with E-state index in [9.17, 15) is 9.59 Å². The number of fused-ring (bicyclic) bond motifs is 3. The van der Waals surface area contributed by atoms with Crippen LogP contribution < -0.4 is 9.64 Å². The van der Waals surface area contributed by atoms with Crippen molar-refractivity contribution < 1.29 is 23.8 Å². The van der Waals surface area contributed by atoms with Crippen molar-refractivity contribution >= 4 is 29.2 Å². The molecule has 1 spiro atoms. The molecule has 5 rings (SSSR count). The number of carbonyl (C=O) groups excluding carboxylic acids is 2. The van der Waals surface area contributed by atoms with E-state index in [1.165, 1.54) is 11.1 Å². The number of anilines is 1. The zero-order valence-electron chi connectivity index (χ0n) is 24.0. The Bertz CT molecular complexity index is 1300. The number of allylic oxidation sites excluding steroid dienone is 1. The number of esters is 2. The number of hydrogen-bond acceptors (Lipinski definition) is 6. The molecule has 3 aliphatic rings. The van der Waals surface area contributed by atoms with Crippen molar-refractivity contribution in [1.29, 1.82) is 0 Å². The summed E-state index contributed by atoms with van der Waals surface area (Å²) in [6.07, 6.45) is 8.80. The van der Waals surface area contributed by atoms with Crippen LogP contribution in [-0.2, 0) is 26.1 Å². The van der Waals surface area contributed by atoms with E-state index < -0.39 is 5.60 Å². The fraction of sp³-hybridized carbons (Fsp3) is 0.515. The average Bonchev–Trinajstić information content (AvgIpc) is 3.03. The average molecular weight is 566 g/mol. The molecule has 2 aromatic carbocycles. The minimum absolute atomic E-state index is 0.191. The van der Waals surface area contributed by atoms with Crippen molar-refractivity contribution in [2.24, 2.45) is 11.8 Å². The second kappa shape index (κ2) is 11.5. The third-order valence-corrected chi connectivity index (χ3v) is 8.60. The minimum Gasteiger partial charge on any atom is -0.490 e. The van der Waals surface area contributed by atoms with Crippen LogP contribution in [0, 0.1) is 11.8 Å². The van der Waals surface area contributed by atoms with Gasteiger partial charge in [0.2, 0.25) is 0 Å². The molecule has 40 heavy (non-hydrogen) atoms. The van der Waals surface area contributed by atoms with Gasteiger partial charge in [0, 0.05) is 29.6 Å². The van der Waals surface area contributed by atoms with Crippen LogP contribution in [0.3, 0.4) is 0 Å². The second-order valence-corrected chi connectivity index (χ2v) is 12.8. The van der Waals surface area contributed by atoms with Crippen LogP contribution in [0.1, 0.15) is 74.9 Å². The number of carbonyl (C=O) groups is 2. The quantitative estimate of drug-likeness (QED) is 0.280. The summed E-state index contributed by atoms with van der Waals surface area (Å²) in [6.45, 7) is 9.95. The first kappa shape index (κ1) is 28.5. The highest BCUT2D eigenvalue weighted by Gasteiger charge is 2.43. The third-order valence-electron chi connectivity index (χ3n) is 8.37. The number of hydrogen-bond donors (Lipinski definition) is 0. The van der Waals surface area contributed by atoms with Crippen molar-refractivity contribution in [2.45, 2.75) is 70.8 Å². The van der Waals surface area contributed by atoms with Crippen LogP contribution in [0.15, 0.2) is 48.6 Å². The maximum Gasteiger partial charge on any atom is 0.338 e. The Morgan fingerprint density at radius 1 is 1.18 bits per heavy atom. The van der Waals surface area contributed by atoms with Gasteiger partial charge in [-0.1, -0.05) is 23.7 Å². The summed E-state index contributed by atoms with van der Waals surface area (Å²) in [7, 11) is 0. The summed E-state index contributed by atoms with van der Waals surface area (Å²) in [4.78, 5) is 27.4. The smallest absolute Gasteiger partial charge is 0.338 e. The lowest BCUT2D eigenvalue weighted by molar-refractivity contribution is -0.137. The molecule has 1 heterocycles. The Hall–Kier alpha value is -2.99. The molecule has 0 radical (unpaired) electrons. The number of aryl methyl sites for hydroxylation is 1. The van der Waals surface area contributed by atoms with Gasteiger partial charge in [0.25, 0.3) is 0 Å². The molecule has 0 unspecified atom stereocenters. The highest BCUT2D eigenvalue weighted by Crippen LogP contribution is 2.46. The van der Waals surface area contributed by atoms with Crippen LogP contribution in [0.2, 0.25) is 5.02 Å². The molecule has 0 saturated heterocycles. The highest BCUT2D eigenvalue weighted by atomic mass is 35.5. The van der Waals surface area contributed by atoms with Crippen molar-refractivity contribution in [3.8, 4) is 5.75 Å². The first-order valence-corrected chi connectivity index (χ1v) is 14.8. The maximum absolute atomic E-state index is 13.0. The summed E-state index contributed by atoms with van der Waals surface area (Å²) in [6, 6.07) is 11.9. The number of benzene rings is 2. The fourth-order valence-electron chi connectivity index (χ4n) is 6.33. The molecule has 2 aliphatic carbocycles. The van der Waals surface area contributed by atoms with Gasteiger partial charge in [-0.3, -0.25) is 0 Å². The molecule has 0 amide bonds. The summed E-state index contributed by atoms with van der Waals surface area (Å²) in [5.74, 6) is 0.834. The zero-order chi connectivity index (χ0) is 28.5. The van der Waals surface area contributed by atoms with E-state index in [0.29, 0.717) is 30.6 Å². The predicted octanol–water partition coefficient (Wildman–Crippen LogP) is 6.91. The van der Waals surface area contributed by atoms with Crippen molar-refractivity contribution in [3.05, 3.63) is 70.3 Å². The first-order chi connectivity index (χ1) is 19.1. The van der Waals surface area contributed by atoms with Gasteiger partial charge in [0.15, 0.2) is 0 Å². The molecule has 2 aromatic rings. The Morgan fingerprint density at radius 3 is 2.73 bits per heavy atom. The number of rotatable bonds is 6. The summed E-state index contributed by atoms with van der Waals surface area (Å²) in [5, 5.41) is 0.762. The van der Waals surface area contributed by atoms with Gasteiger partial charge in [-0.05, 0) is 113 Å². The van der Waals surface area contributed by atoms with Crippen LogP contribution in [0.5, 0.6) is 5.75 Å². The minimum atomic E-state index is -0.582. The topological polar surface area (TPSA) is 65.1 Å². The van der Waals surface area contributed by atoms with E-state index in [2.05, 4.69) is 17.0 Å². The first-order valence-electron chi connectivity index (χ1n) is 14.5. The van der Waals surface area contributed by atoms with Gasteiger partial charge in [0.1, 0.15) is 11.4 Å².